The third-order valence-electron chi connectivity index (χ3n) is 3.49. The zero-order chi connectivity index (χ0) is 13.1. The fourth-order valence-electron chi connectivity index (χ4n) is 2.37. The van der Waals surface area contributed by atoms with Gasteiger partial charge in [0, 0.05) is 35.7 Å². The number of likely N-dealkylation sites (N-methyl/N-ethyl adjacent to an activating group) is 1. The number of hydrogen-bond acceptors (Lipinski definition) is 3. The van der Waals surface area contributed by atoms with Crippen LogP contribution < -0.4 is 0 Å². The van der Waals surface area contributed by atoms with Gasteiger partial charge in [0.25, 0.3) is 0 Å². The van der Waals surface area contributed by atoms with Crippen molar-refractivity contribution in [1.29, 1.82) is 0 Å². The molecule has 1 aromatic carbocycles. The maximum atomic E-state index is 12.3. The number of benzene rings is 1. The van der Waals surface area contributed by atoms with Gasteiger partial charge in [-0.05, 0) is 20.0 Å². The lowest BCUT2D eigenvalue weighted by molar-refractivity contribution is 0.0747. The molecule has 0 spiro atoms. The Kier molecular flexibility index (Phi) is 4.54. The molecular weight excluding hydrogens is 292 g/mol. The van der Waals surface area contributed by atoms with Crippen molar-refractivity contribution in [1.82, 2.24) is 9.80 Å². The van der Waals surface area contributed by atoms with E-state index in [0.717, 1.165) is 29.7 Å². The second-order valence-corrected chi connectivity index (χ2v) is 5.84. The predicted octanol–water partition coefficient (Wildman–Crippen LogP) is 2.27. The van der Waals surface area contributed by atoms with Crippen LogP contribution in [0.2, 0.25) is 0 Å². The van der Waals surface area contributed by atoms with Crippen LogP contribution in [-0.2, 0) is 0 Å². The van der Waals surface area contributed by atoms with Gasteiger partial charge in [0.2, 0.25) is 0 Å². The molecule has 0 aromatic heterocycles. The Morgan fingerprint density at radius 3 is 2.78 bits per heavy atom. The first-order valence-electron chi connectivity index (χ1n) is 6.28. The number of rotatable bonds is 3. The molecule has 1 unspecified atom stereocenters. The Morgan fingerprint density at radius 1 is 1.39 bits per heavy atom. The number of piperazine rings is 1. The van der Waals surface area contributed by atoms with E-state index in [-0.39, 0.29) is 5.78 Å². The van der Waals surface area contributed by atoms with E-state index in [0.29, 0.717) is 12.6 Å². The highest BCUT2D eigenvalue weighted by Gasteiger charge is 2.24. The van der Waals surface area contributed by atoms with Gasteiger partial charge in [0.1, 0.15) is 0 Å². The van der Waals surface area contributed by atoms with Gasteiger partial charge in [0.15, 0.2) is 5.78 Å². The van der Waals surface area contributed by atoms with Gasteiger partial charge in [-0.15, -0.1) is 0 Å². The van der Waals surface area contributed by atoms with Crippen molar-refractivity contribution in [3.05, 3.63) is 34.3 Å². The Balaban J connectivity index is 2.02. The highest BCUT2D eigenvalue weighted by atomic mass is 79.9. The quantitative estimate of drug-likeness (QED) is 0.800. The summed E-state index contributed by atoms with van der Waals surface area (Å²) in [6, 6.07) is 8.08. The lowest BCUT2D eigenvalue weighted by atomic mass is 10.1. The van der Waals surface area contributed by atoms with E-state index in [1.54, 1.807) is 0 Å². The highest BCUT2D eigenvalue weighted by molar-refractivity contribution is 9.10. The van der Waals surface area contributed by atoms with E-state index in [9.17, 15) is 4.79 Å². The average Bonchev–Trinajstić information content (AvgIpc) is 2.33. The normalized spacial score (nSPS) is 22.1. The van der Waals surface area contributed by atoms with Gasteiger partial charge in [0.05, 0.1) is 6.54 Å². The summed E-state index contributed by atoms with van der Waals surface area (Å²) in [6.45, 7) is 5.73. The van der Waals surface area contributed by atoms with Crippen LogP contribution in [0.1, 0.15) is 17.3 Å². The summed E-state index contributed by atoms with van der Waals surface area (Å²) in [5, 5.41) is 0. The van der Waals surface area contributed by atoms with Gasteiger partial charge >= 0.3 is 0 Å². The third kappa shape index (κ3) is 3.19. The number of Topliss-reactive ketones (excluding diaryl/α,β-unsaturated/α-hetero) is 1. The van der Waals surface area contributed by atoms with Crippen molar-refractivity contribution in [2.45, 2.75) is 13.0 Å². The first-order valence-corrected chi connectivity index (χ1v) is 7.07. The Bertz CT molecular complexity index is 436. The first kappa shape index (κ1) is 13.7. The molecule has 2 rings (SSSR count). The van der Waals surface area contributed by atoms with E-state index >= 15 is 0 Å². The van der Waals surface area contributed by atoms with Crippen LogP contribution in [0.15, 0.2) is 28.7 Å². The Labute approximate surface area is 117 Å². The number of hydrogen-bond donors (Lipinski definition) is 0. The fraction of sp³-hybridized carbons (Fsp3) is 0.500. The molecule has 0 amide bonds. The molecule has 1 atom stereocenters. The molecule has 1 heterocycles. The molecule has 1 saturated heterocycles. The van der Waals surface area contributed by atoms with Crippen molar-refractivity contribution in [2.75, 3.05) is 33.2 Å². The summed E-state index contributed by atoms with van der Waals surface area (Å²) in [6.07, 6.45) is 0. The topological polar surface area (TPSA) is 23.6 Å². The van der Waals surface area contributed by atoms with Crippen molar-refractivity contribution >= 4 is 21.7 Å². The van der Waals surface area contributed by atoms with Crippen molar-refractivity contribution in [3.8, 4) is 0 Å². The minimum absolute atomic E-state index is 0.193. The molecule has 0 N–H and O–H groups in total. The largest absolute Gasteiger partial charge is 0.304 e. The standard InChI is InChI=1S/C14H19BrN2O/c1-11-9-16(2)7-8-17(11)10-14(18)12-5-3-4-6-13(12)15/h3-6,11H,7-10H2,1-2H3. The van der Waals surface area contributed by atoms with Crippen molar-refractivity contribution in [3.63, 3.8) is 0 Å². The predicted molar refractivity (Wildman–Crippen MR) is 77.0 cm³/mol. The SMILES string of the molecule is CC1CN(C)CCN1CC(=O)c1ccccc1Br. The molecule has 98 valence electrons. The zero-order valence-corrected chi connectivity index (χ0v) is 12.5. The molecule has 0 aliphatic carbocycles. The number of nitrogens with zero attached hydrogens (tertiary/aromatic N) is 2. The molecule has 0 bridgehead atoms. The number of halogens is 1. The molecular formula is C14H19BrN2O. The molecule has 1 aliphatic heterocycles. The molecule has 4 heteroatoms. The fourth-order valence-corrected chi connectivity index (χ4v) is 2.88. The van der Waals surface area contributed by atoms with Crippen LogP contribution in [0, 0.1) is 0 Å². The van der Waals surface area contributed by atoms with Gasteiger partial charge in [-0.1, -0.05) is 34.1 Å². The molecule has 1 aliphatic rings. The monoisotopic (exact) mass is 310 g/mol. The van der Waals surface area contributed by atoms with Crippen molar-refractivity contribution in [2.24, 2.45) is 0 Å². The molecule has 3 nitrogen and oxygen atoms in total. The average molecular weight is 311 g/mol. The smallest absolute Gasteiger partial charge is 0.177 e. The minimum Gasteiger partial charge on any atom is -0.304 e. The van der Waals surface area contributed by atoms with E-state index in [1.165, 1.54) is 0 Å². The van der Waals surface area contributed by atoms with Gasteiger partial charge in [-0.3, -0.25) is 9.69 Å². The molecule has 1 aromatic rings. The van der Waals surface area contributed by atoms with Crippen molar-refractivity contribution < 1.29 is 4.79 Å². The van der Waals surface area contributed by atoms with Gasteiger partial charge < -0.3 is 4.90 Å². The summed E-state index contributed by atoms with van der Waals surface area (Å²) in [4.78, 5) is 16.9. The molecule has 0 radical (unpaired) electrons. The van der Waals surface area contributed by atoms with Crippen LogP contribution >= 0.6 is 15.9 Å². The van der Waals surface area contributed by atoms with Crippen LogP contribution in [0.3, 0.4) is 0 Å². The Hall–Kier alpha value is -0.710. The number of carbonyl (C=O) groups is 1. The lowest BCUT2D eigenvalue weighted by Crippen LogP contribution is -2.51. The van der Waals surface area contributed by atoms with Gasteiger partial charge in [-0.25, -0.2) is 0 Å². The van der Waals surface area contributed by atoms with E-state index in [2.05, 4.69) is 39.7 Å². The maximum Gasteiger partial charge on any atom is 0.177 e. The summed E-state index contributed by atoms with van der Waals surface area (Å²) in [5.41, 5.74) is 0.781. The molecule has 1 fully saturated rings. The highest BCUT2D eigenvalue weighted by Crippen LogP contribution is 2.18. The summed E-state index contributed by atoms with van der Waals surface area (Å²) in [7, 11) is 2.13. The van der Waals surface area contributed by atoms with Gasteiger partial charge in [-0.2, -0.15) is 0 Å². The first-order chi connectivity index (χ1) is 8.58. The van der Waals surface area contributed by atoms with Crippen LogP contribution in [-0.4, -0.2) is 54.9 Å². The van der Waals surface area contributed by atoms with Crippen LogP contribution in [0.5, 0.6) is 0 Å². The Morgan fingerprint density at radius 2 is 2.11 bits per heavy atom. The summed E-state index contributed by atoms with van der Waals surface area (Å²) in [5.74, 6) is 0.193. The van der Waals surface area contributed by atoms with Crippen LogP contribution in [0.4, 0.5) is 0 Å². The zero-order valence-electron chi connectivity index (χ0n) is 10.9. The van der Waals surface area contributed by atoms with E-state index in [4.69, 9.17) is 0 Å². The van der Waals surface area contributed by atoms with E-state index < -0.39 is 0 Å². The second-order valence-electron chi connectivity index (χ2n) is 4.98. The second kappa shape index (κ2) is 5.95. The number of ketones is 1. The minimum atomic E-state index is 0.193. The number of carbonyl (C=O) groups excluding carboxylic acids is 1. The molecule has 18 heavy (non-hydrogen) atoms. The van der Waals surface area contributed by atoms with E-state index in [1.807, 2.05) is 24.3 Å². The third-order valence-corrected chi connectivity index (χ3v) is 4.18. The maximum absolute atomic E-state index is 12.3. The summed E-state index contributed by atoms with van der Waals surface area (Å²) < 4.78 is 0.886. The molecule has 0 saturated carbocycles. The summed E-state index contributed by atoms with van der Waals surface area (Å²) >= 11 is 3.44. The lowest BCUT2D eigenvalue weighted by Gasteiger charge is -2.37. The van der Waals surface area contributed by atoms with Crippen LogP contribution in [0.25, 0.3) is 0 Å².